The van der Waals surface area contributed by atoms with Crippen LogP contribution in [0, 0.1) is 5.82 Å². The summed E-state index contributed by atoms with van der Waals surface area (Å²) in [4.78, 5) is 0. The van der Waals surface area contributed by atoms with Crippen molar-refractivity contribution in [2.24, 2.45) is 5.73 Å². The van der Waals surface area contributed by atoms with Crippen molar-refractivity contribution >= 4 is 39.3 Å². The third-order valence-corrected chi connectivity index (χ3v) is 2.82. The van der Waals surface area contributed by atoms with Crippen LogP contribution in [-0.2, 0) is 6.42 Å². The van der Waals surface area contributed by atoms with Crippen LogP contribution in [0.3, 0.4) is 0 Å². The summed E-state index contributed by atoms with van der Waals surface area (Å²) in [6.45, 7) is 1.88. The van der Waals surface area contributed by atoms with Crippen LogP contribution in [0.1, 0.15) is 12.5 Å². The van der Waals surface area contributed by atoms with Gasteiger partial charge in [0.1, 0.15) is 17.7 Å². The van der Waals surface area contributed by atoms with Crippen molar-refractivity contribution in [2.45, 2.75) is 19.4 Å². The van der Waals surface area contributed by atoms with Gasteiger partial charge in [-0.25, -0.2) is 4.39 Å². The number of hydrogen-bond donors (Lipinski definition) is 1. The first-order chi connectivity index (χ1) is 7.08. The number of nitrogens with two attached hydrogens (primary N) is 1. The second kappa shape index (κ2) is 5.17. The Bertz CT molecular complexity index is 498. The van der Waals surface area contributed by atoms with E-state index in [4.69, 9.17) is 10.2 Å². The van der Waals surface area contributed by atoms with E-state index in [-0.39, 0.29) is 24.3 Å². The van der Waals surface area contributed by atoms with Crippen LogP contribution in [-0.4, -0.2) is 6.04 Å². The highest BCUT2D eigenvalue weighted by Gasteiger charge is 2.11. The number of hydrogen-bond acceptors (Lipinski definition) is 2. The minimum atomic E-state index is -0.264. The summed E-state index contributed by atoms with van der Waals surface area (Å²) in [7, 11) is 0. The van der Waals surface area contributed by atoms with Gasteiger partial charge in [0.25, 0.3) is 0 Å². The molecule has 2 N–H and O–H groups in total. The Kier molecular flexibility index (Phi) is 4.35. The molecule has 0 aliphatic carbocycles. The Morgan fingerprint density at radius 3 is 2.81 bits per heavy atom. The quantitative estimate of drug-likeness (QED) is 0.920. The van der Waals surface area contributed by atoms with E-state index in [1.807, 2.05) is 6.92 Å². The number of halogens is 3. The SMILES string of the molecule is CC(N)Cc1cc(F)cc2c(Br)coc12.Cl. The van der Waals surface area contributed by atoms with Crippen molar-refractivity contribution in [3.63, 3.8) is 0 Å². The van der Waals surface area contributed by atoms with Crippen molar-refractivity contribution in [1.82, 2.24) is 0 Å². The van der Waals surface area contributed by atoms with Gasteiger partial charge in [-0.15, -0.1) is 12.4 Å². The molecule has 0 radical (unpaired) electrons. The maximum Gasteiger partial charge on any atom is 0.138 e. The van der Waals surface area contributed by atoms with Gasteiger partial charge < -0.3 is 10.2 Å². The molecule has 0 saturated carbocycles. The lowest BCUT2D eigenvalue weighted by molar-refractivity contribution is 0.596. The zero-order valence-corrected chi connectivity index (χ0v) is 11.1. The van der Waals surface area contributed by atoms with Crippen molar-refractivity contribution < 1.29 is 8.81 Å². The third-order valence-electron chi connectivity index (χ3n) is 2.21. The van der Waals surface area contributed by atoms with Crippen LogP contribution in [0.15, 0.2) is 27.3 Å². The smallest absolute Gasteiger partial charge is 0.138 e. The molecule has 1 unspecified atom stereocenters. The van der Waals surface area contributed by atoms with Gasteiger partial charge in [0, 0.05) is 11.4 Å². The molecule has 0 aliphatic heterocycles. The molecule has 0 fully saturated rings. The summed E-state index contributed by atoms with van der Waals surface area (Å²) >= 11 is 3.31. The predicted octanol–water partition coefficient (Wildman–Crippen LogP) is 3.65. The fourth-order valence-corrected chi connectivity index (χ4v) is 2.03. The molecule has 2 aromatic rings. The lowest BCUT2D eigenvalue weighted by atomic mass is 10.1. The number of rotatable bonds is 2. The average Bonchev–Trinajstić information content (AvgIpc) is 2.47. The van der Waals surface area contributed by atoms with Gasteiger partial charge >= 0.3 is 0 Å². The van der Waals surface area contributed by atoms with Crippen LogP contribution >= 0.6 is 28.3 Å². The summed E-state index contributed by atoms with van der Waals surface area (Å²) in [5, 5.41) is 0.755. The molecule has 1 aromatic heterocycles. The highest BCUT2D eigenvalue weighted by Crippen LogP contribution is 2.30. The molecule has 16 heavy (non-hydrogen) atoms. The maximum atomic E-state index is 13.3. The van der Waals surface area contributed by atoms with Crippen LogP contribution in [0.4, 0.5) is 4.39 Å². The van der Waals surface area contributed by atoms with E-state index >= 15 is 0 Å². The van der Waals surface area contributed by atoms with Crippen molar-refractivity contribution in [3.8, 4) is 0 Å². The molecule has 2 nitrogen and oxygen atoms in total. The second-order valence-corrected chi connectivity index (χ2v) is 4.56. The Morgan fingerprint density at radius 1 is 1.50 bits per heavy atom. The Labute approximate surface area is 108 Å². The summed E-state index contributed by atoms with van der Waals surface area (Å²) in [5.74, 6) is -0.264. The van der Waals surface area contributed by atoms with Gasteiger partial charge in [0.15, 0.2) is 0 Å². The highest BCUT2D eigenvalue weighted by molar-refractivity contribution is 9.10. The Hall–Kier alpha value is -0.580. The minimum Gasteiger partial charge on any atom is -0.463 e. The molecule has 0 spiro atoms. The van der Waals surface area contributed by atoms with Crippen molar-refractivity contribution in [2.75, 3.05) is 0 Å². The zero-order chi connectivity index (χ0) is 11.0. The lowest BCUT2D eigenvalue weighted by Crippen LogP contribution is -2.17. The third kappa shape index (κ3) is 2.56. The Morgan fingerprint density at radius 2 is 2.19 bits per heavy atom. The highest BCUT2D eigenvalue weighted by atomic mass is 79.9. The minimum absolute atomic E-state index is 0. The fourth-order valence-electron chi connectivity index (χ4n) is 1.64. The van der Waals surface area contributed by atoms with E-state index in [1.54, 1.807) is 6.26 Å². The van der Waals surface area contributed by atoms with Crippen molar-refractivity contribution in [3.05, 3.63) is 34.2 Å². The lowest BCUT2D eigenvalue weighted by Gasteiger charge is -2.05. The predicted molar refractivity (Wildman–Crippen MR) is 68.5 cm³/mol. The molecule has 0 saturated heterocycles. The molecule has 1 heterocycles. The van der Waals surface area contributed by atoms with Gasteiger partial charge in [-0.1, -0.05) is 0 Å². The average molecular weight is 309 g/mol. The van der Waals surface area contributed by atoms with Gasteiger partial charge in [0.2, 0.25) is 0 Å². The summed E-state index contributed by atoms with van der Waals surface area (Å²) in [5.41, 5.74) is 7.22. The van der Waals surface area contributed by atoms with Gasteiger partial charge in [-0.3, -0.25) is 0 Å². The molecule has 5 heteroatoms. The molecule has 2 rings (SSSR count). The van der Waals surface area contributed by atoms with E-state index < -0.39 is 0 Å². The molecule has 0 bridgehead atoms. The van der Waals surface area contributed by atoms with E-state index in [0.29, 0.717) is 12.0 Å². The van der Waals surface area contributed by atoms with E-state index in [9.17, 15) is 4.39 Å². The first-order valence-electron chi connectivity index (χ1n) is 4.68. The first-order valence-corrected chi connectivity index (χ1v) is 5.48. The zero-order valence-electron chi connectivity index (χ0n) is 8.67. The molecule has 1 aromatic carbocycles. The molecule has 0 aliphatic rings. The summed E-state index contributed by atoms with van der Waals surface area (Å²) < 4.78 is 19.4. The number of benzene rings is 1. The molecular weight excluding hydrogens is 296 g/mol. The number of furan rings is 1. The number of fused-ring (bicyclic) bond motifs is 1. The van der Waals surface area contributed by atoms with Gasteiger partial charge in [0.05, 0.1) is 4.47 Å². The normalized spacial score (nSPS) is 12.5. The fraction of sp³-hybridized carbons (Fsp3) is 0.273. The molecule has 1 atom stereocenters. The molecule has 0 amide bonds. The van der Waals surface area contributed by atoms with Gasteiger partial charge in [-0.05, 0) is 47.0 Å². The standard InChI is InChI=1S/C11H11BrFNO.ClH/c1-6(14)2-7-3-8(13)4-9-10(12)5-15-11(7)9;/h3-6H,2,14H2,1H3;1H. The molecular formula is C11H12BrClFNO. The second-order valence-electron chi connectivity index (χ2n) is 3.71. The summed E-state index contributed by atoms with van der Waals surface area (Å²) in [6.07, 6.45) is 2.17. The summed E-state index contributed by atoms with van der Waals surface area (Å²) in [6, 6.07) is 2.91. The largest absolute Gasteiger partial charge is 0.463 e. The topological polar surface area (TPSA) is 39.2 Å². The van der Waals surface area contributed by atoms with Crippen LogP contribution in [0.25, 0.3) is 11.0 Å². The first kappa shape index (κ1) is 13.5. The maximum absolute atomic E-state index is 13.3. The van der Waals surface area contributed by atoms with Crippen LogP contribution in [0.2, 0.25) is 0 Å². The molecule has 88 valence electrons. The van der Waals surface area contributed by atoms with E-state index in [1.165, 1.54) is 12.1 Å². The van der Waals surface area contributed by atoms with Gasteiger partial charge in [-0.2, -0.15) is 0 Å². The van der Waals surface area contributed by atoms with Crippen LogP contribution in [0.5, 0.6) is 0 Å². The monoisotopic (exact) mass is 307 g/mol. The van der Waals surface area contributed by atoms with E-state index in [0.717, 1.165) is 15.4 Å². The van der Waals surface area contributed by atoms with Crippen LogP contribution < -0.4 is 5.73 Å². The van der Waals surface area contributed by atoms with E-state index in [2.05, 4.69) is 15.9 Å². The van der Waals surface area contributed by atoms with Crippen molar-refractivity contribution in [1.29, 1.82) is 0 Å². The Balaban J connectivity index is 0.00000128.